The standard InChI is InChI=1S/2C6H8O4/c2*7-5(8)3-1-2-4(3)6(9)10/h2*3-4H,1-2H2,(H,7,8)(H,9,10). The lowest BCUT2D eigenvalue weighted by atomic mass is 9.74. The maximum absolute atomic E-state index is 10.2. The molecule has 20 heavy (non-hydrogen) atoms. The minimum Gasteiger partial charge on any atom is -0.481 e. The van der Waals surface area contributed by atoms with Crippen molar-refractivity contribution in [2.24, 2.45) is 23.7 Å². The minimum atomic E-state index is -0.987. The molecule has 0 radical (unpaired) electrons. The van der Waals surface area contributed by atoms with E-state index in [0.717, 1.165) is 0 Å². The van der Waals surface area contributed by atoms with Crippen molar-refractivity contribution in [3.05, 3.63) is 0 Å². The normalized spacial score (nSPS) is 30.8. The quantitative estimate of drug-likeness (QED) is 0.579. The van der Waals surface area contributed by atoms with Crippen molar-refractivity contribution in [1.82, 2.24) is 0 Å². The highest BCUT2D eigenvalue weighted by molar-refractivity contribution is 5.82. The third-order valence-corrected chi connectivity index (χ3v) is 3.82. The Morgan fingerprint density at radius 2 is 0.650 bits per heavy atom. The van der Waals surface area contributed by atoms with Gasteiger partial charge in [0, 0.05) is 0 Å². The molecule has 4 N–H and O–H groups in total. The molecule has 8 nitrogen and oxygen atoms in total. The van der Waals surface area contributed by atoms with Crippen LogP contribution in [0.3, 0.4) is 0 Å². The fraction of sp³-hybridized carbons (Fsp3) is 0.667. The molecule has 112 valence electrons. The molecule has 0 amide bonds. The third kappa shape index (κ3) is 3.46. The number of hydrogen-bond acceptors (Lipinski definition) is 4. The van der Waals surface area contributed by atoms with Crippen LogP contribution < -0.4 is 0 Å². The van der Waals surface area contributed by atoms with Gasteiger partial charge in [-0.2, -0.15) is 0 Å². The molecule has 0 heterocycles. The summed E-state index contributed by atoms with van der Waals surface area (Å²) in [6.45, 7) is 0. The van der Waals surface area contributed by atoms with Gasteiger partial charge in [0.1, 0.15) is 0 Å². The summed E-state index contributed by atoms with van der Waals surface area (Å²) in [5, 5.41) is 33.6. The molecule has 0 aliphatic heterocycles. The number of rotatable bonds is 4. The number of carboxylic acids is 4. The first-order valence-corrected chi connectivity index (χ1v) is 6.17. The molecule has 2 aliphatic rings. The summed E-state index contributed by atoms with van der Waals surface area (Å²) in [6, 6.07) is 0. The van der Waals surface area contributed by atoms with Gasteiger partial charge in [0.15, 0.2) is 0 Å². The van der Waals surface area contributed by atoms with E-state index in [4.69, 9.17) is 20.4 Å². The van der Waals surface area contributed by atoms with E-state index in [1.54, 1.807) is 0 Å². The molecule has 0 aromatic carbocycles. The first-order chi connectivity index (χ1) is 9.25. The second-order valence-corrected chi connectivity index (χ2v) is 4.93. The molecule has 2 aliphatic carbocycles. The third-order valence-electron chi connectivity index (χ3n) is 3.82. The second-order valence-electron chi connectivity index (χ2n) is 4.93. The molecule has 4 unspecified atom stereocenters. The van der Waals surface area contributed by atoms with Crippen molar-refractivity contribution in [3.63, 3.8) is 0 Å². The minimum absolute atomic E-state index is 0.506. The Labute approximate surface area is 114 Å². The summed E-state index contributed by atoms with van der Waals surface area (Å²) in [5.41, 5.74) is 0. The van der Waals surface area contributed by atoms with Crippen molar-refractivity contribution in [2.45, 2.75) is 25.7 Å². The monoisotopic (exact) mass is 288 g/mol. The van der Waals surface area contributed by atoms with Gasteiger partial charge in [-0.15, -0.1) is 0 Å². The van der Waals surface area contributed by atoms with Crippen LogP contribution in [0.2, 0.25) is 0 Å². The Hall–Kier alpha value is -2.12. The fourth-order valence-electron chi connectivity index (χ4n) is 2.18. The summed E-state index contributed by atoms with van der Waals surface area (Å²) in [5.74, 6) is -6.51. The molecule has 0 aromatic heterocycles. The van der Waals surface area contributed by atoms with Gasteiger partial charge in [-0.25, -0.2) is 0 Å². The Kier molecular flexibility index (Phi) is 5.06. The Morgan fingerprint density at radius 1 is 0.500 bits per heavy atom. The predicted molar refractivity (Wildman–Crippen MR) is 63.0 cm³/mol. The van der Waals surface area contributed by atoms with E-state index >= 15 is 0 Å². The van der Waals surface area contributed by atoms with Gasteiger partial charge < -0.3 is 20.4 Å². The lowest BCUT2D eigenvalue weighted by molar-refractivity contribution is -0.160. The van der Waals surface area contributed by atoms with Crippen LogP contribution >= 0.6 is 0 Å². The maximum atomic E-state index is 10.2. The fourth-order valence-corrected chi connectivity index (χ4v) is 2.18. The Balaban J connectivity index is 0.000000200. The Bertz CT molecular complexity index is 349. The molecule has 2 rings (SSSR count). The summed E-state index contributed by atoms with van der Waals surface area (Å²) >= 11 is 0. The molecule has 0 saturated heterocycles. The van der Waals surface area contributed by atoms with Crippen LogP contribution in [0.25, 0.3) is 0 Å². The van der Waals surface area contributed by atoms with Gasteiger partial charge >= 0.3 is 23.9 Å². The van der Waals surface area contributed by atoms with Crippen molar-refractivity contribution in [2.75, 3.05) is 0 Å². The first kappa shape index (κ1) is 15.9. The molecule has 0 aromatic rings. The van der Waals surface area contributed by atoms with E-state index in [1.165, 1.54) is 0 Å². The first-order valence-electron chi connectivity index (χ1n) is 6.17. The van der Waals surface area contributed by atoms with Crippen LogP contribution in [0.1, 0.15) is 25.7 Å². The average Bonchev–Trinajstić information content (AvgIpc) is 2.09. The zero-order chi connectivity index (χ0) is 15.4. The smallest absolute Gasteiger partial charge is 0.307 e. The van der Waals surface area contributed by atoms with E-state index < -0.39 is 47.5 Å². The van der Waals surface area contributed by atoms with Crippen molar-refractivity contribution < 1.29 is 39.6 Å². The van der Waals surface area contributed by atoms with Crippen LogP contribution in [-0.4, -0.2) is 44.3 Å². The van der Waals surface area contributed by atoms with Crippen LogP contribution in [0, 0.1) is 23.7 Å². The lowest BCUT2D eigenvalue weighted by Gasteiger charge is -2.29. The molecule has 2 fully saturated rings. The SMILES string of the molecule is O=C(O)C1CCC1C(=O)O.O=C(O)C1CCC1C(=O)O. The number of aliphatic carboxylic acids is 4. The van der Waals surface area contributed by atoms with Crippen molar-refractivity contribution in [1.29, 1.82) is 0 Å². The molecular formula is C12H16O8. The van der Waals surface area contributed by atoms with Gasteiger partial charge in [0.05, 0.1) is 23.7 Å². The maximum Gasteiger partial charge on any atom is 0.307 e. The molecule has 2 saturated carbocycles. The molecule has 0 spiro atoms. The predicted octanol–water partition coefficient (Wildman–Crippen LogP) is 0.364. The second kappa shape index (κ2) is 6.36. The van der Waals surface area contributed by atoms with Crippen LogP contribution in [0.15, 0.2) is 0 Å². The van der Waals surface area contributed by atoms with E-state index in [2.05, 4.69) is 0 Å². The highest BCUT2D eigenvalue weighted by Gasteiger charge is 2.42. The van der Waals surface area contributed by atoms with Gasteiger partial charge in [-0.1, -0.05) is 0 Å². The number of carboxylic acid groups (broad SMARTS) is 4. The molecule has 8 heteroatoms. The number of hydrogen-bond donors (Lipinski definition) is 4. The van der Waals surface area contributed by atoms with Crippen molar-refractivity contribution >= 4 is 23.9 Å². The summed E-state index contributed by atoms with van der Waals surface area (Å²) in [7, 11) is 0. The summed E-state index contributed by atoms with van der Waals surface area (Å²) in [6.07, 6.45) is 2.03. The van der Waals surface area contributed by atoms with Gasteiger partial charge in [0.2, 0.25) is 0 Å². The van der Waals surface area contributed by atoms with E-state index in [9.17, 15) is 19.2 Å². The molecule has 4 atom stereocenters. The Morgan fingerprint density at radius 3 is 0.700 bits per heavy atom. The topological polar surface area (TPSA) is 149 Å². The number of carbonyl (C=O) groups is 4. The van der Waals surface area contributed by atoms with Gasteiger partial charge in [-0.3, -0.25) is 19.2 Å². The average molecular weight is 288 g/mol. The zero-order valence-corrected chi connectivity index (χ0v) is 10.6. The lowest BCUT2D eigenvalue weighted by Crippen LogP contribution is -2.37. The molecular weight excluding hydrogens is 272 g/mol. The van der Waals surface area contributed by atoms with E-state index in [1.807, 2.05) is 0 Å². The van der Waals surface area contributed by atoms with Gasteiger partial charge in [-0.05, 0) is 25.7 Å². The molecule has 0 bridgehead atoms. The highest BCUT2D eigenvalue weighted by atomic mass is 16.4. The van der Waals surface area contributed by atoms with Gasteiger partial charge in [0.25, 0.3) is 0 Å². The highest BCUT2D eigenvalue weighted by Crippen LogP contribution is 2.34. The zero-order valence-electron chi connectivity index (χ0n) is 10.6. The van der Waals surface area contributed by atoms with E-state index in [0.29, 0.717) is 25.7 Å². The summed E-state index contributed by atoms with van der Waals surface area (Å²) < 4.78 is 0. The van der Waals surface area contributed by atoms with E-state index in [-0.39, 0.29) is 0 Å². The van der Waals surface area contributed by atoms with Crippen LogP contribution in [0.5, 0.6) is 0 Å². The van der Waals surface area contributed by atoms with Crippen LogP contribution in [-0.2, 0) is 19.2 Å². The largest absolute Gasteiger partial charge is 0.481 e. The summed E-state index contributed by atoms with van der Waals surface area (Å²) in [4.78, 5) is 40.9. The van der Waals surface area contributed by atoms with Crippen molar-refractivity contribution in [3.8, 4) is 0 Å². The van der Waals surface area contributed by atoms with Crippen LogP contribution in [0.4, 0.5) is 0 Å².